The normalized spacial score (nSPS) is 27.2. The second kappa shape index (κ2) is 2.92. The molecule has 4 nitrogen and oxygen atoms in total. The molecular formula is C12H11NO3. The summed E-state index contributed by atoms with van der Waals surface area (Å²) < 4.78 is 5.21. The van der Waals surface area contributed by atoms with E-state index in [1.54, 1.807) is 24.3 Å². The van der Waals surface area contributed by atoms with Crippen LogP contribution in [-0.4, -0.2) is 35.5 Å². The van der Waals surface area contributed by atoms with Gasteiger partial charge >= 0.3 is 0 Å². The molecule has 0 bridgehead atoms. The van der Waals surface area contributed by atoms with Gasteiger partial charge in [-0.25, -0.2) is 0 Å². The number of hydrogen-bond acceptors (Lipinski definition) is 3. The number of carbonyl (C=O) groups is 2. The van der Waals surface area contributed by atoms with Gasteiger partial charge in [0.2, 0.25) is 0 Å². The van der Waals surface area contributed by atoms with E-state index in [4.69, 9.17) is 4.74 Å². The predicted octanol–water partition coefficient (Wildman–Crippen LogP) is 1.07. The molecule has 0 aromatic heterocycles. The Morgan fingerprint density at radius 1 is 1.25 bits per heavy atom. The molecule has 2 amide bonds. The van der Waals surface area contributed by atoms with E-state index in [1.807, 2.05) is 6.92 Å². The van der Waals surface area contributed by atoms with Crippen LogP contribution in [0, 0.1) is 0 Å². The van der Waals surface area contributed by atoms with Gasteiger partial charge in [0.05, 0.1) is 24.3 Å². The first-order chi connectivity index (χ1) is 7.61. The predicted molar refractivity (Wildman–Crippen MR) is 56.2 cm³/mol. The monoisotopic (exact) mass is 217 g/mol. The summed E-state index contributed by atoms with van der Waals surface area (Å²) in [5.74, 6) is -0.422. The van der Waals surface area contributed by atoms with Crippen LogP contribution >= 0.6 is 0 Å². The lowest BCUT2D eigenvalue weighted by molar-refractivity contribution is 0.0616. The van der Waals surface area contributed by atoms with E-state index >= 15 is 0 Å². The number of nitrogens with zero attached hydrogens (tertiary/aromatic N) is 1. The molecule has 4 heteroatoms. The third-order valence-electron chi connectivity index (χ3n) is 3.01. The number of rotatable bonds is 2. The van der Waals surface area contributed by atoms with Crippen LogP contribution in [0.4, 0.5) is 0 Å². The van der Waals surface area contributed by atoms with Crippen LogP contribution in [0.15, 0.2) is 24.3 Å². The molecule has 2 heterocycles. The summed E-state index contributed by atoms with van der Waals surface area (Å²) in [5.41, 5.74) is 0.668. The maximum atomic E-state index is 12.0. The van der Waals surface area contributed by atoms with Gasteiger partial charge < -0.3 is 4.74 Å². The van der Waals surface area contributed by atoms with Gasteiger partial charge in [-0.2, -0.15) is 0 Å². The van der Waals surface area contributed by atoms with Gasteiger partial charge in [-0.15, -0.1) is 0 Å². The van der Waals surface area contributed by atoms with E-state index in [0.29, 0.717) is 24.3 Å². The molecule has 0 radical (unpaired) electrons. The van der Waals surface area contributed by atoms with Gasteiger partial charge in [0, 0.05) is 0 Å². The van der Waals surface area contributed by atoms with Crippen molar-refractivity contribution in [2.24, 2.45) is 0 Å². The van der Waals surface area contributed by atoms with Crippen molar-refractivity contribution in [2.45, 2.75) is 12.5 Å². The fourth-order valence-electron chi connectivity index (χ4n) is 1.93. The summed E-state index contributed by atoms with van der Waals surface area (Å²) in [7, 11) is 0. The zero-order chi connectivity index (χ0) is 11.3. The maximum absolute atomic E-state index is 12.0. The molecule has 0 spiro atoms. The van der Waals surface area contributed by atoms with Gasteiger partial charge in [0.25, 0.3) is 11.8 Å². The van der Waals surface area contributed by atoms with Gasteiger partial charge in [0.15, 0.2) is 0 Å². The summed E-state index contributed by atoms with van der Waals surface area (Å²) in [6.07, 6.45) is 0. The van der Waals surface area contributed by atoms with Crippen molar-refractivity contribution in [3.05, 3.63) is 35.4 Å². The highest BCUT2D eigenvalue weighted by molar-refractivity contribution is 6.21. The minimum atomic E-state index is -0.326. The second-order valence-electron chi connectivity index (χ2n) is 4.48. The Hall–Kier alpha value is -1.68. The van der Waals surface area contributed by atoms with Crippen LogP contribution < -0.4 is 0 Å². The van der Waals surface area contributed by atoms with Crippen molar-refractivity contribution in [3.63, 3.8) is 0 Å². The minimum absolute atomic E-state index is 0.211. The number of benzene rings is 1. The average Bonchev–Trinajstić information content (AvgIpc) is 2.97. The SMILES string of the molecule is C[C@@]1(CN2C(=O)c3ccccc3C2=O)CO1. The number of carbonyl (C=O) groups excluding carboxylic acids is 2. The van der Waals surface area contributed by atoms with Gasteiger partial charge in [-0.05, 0) is 19.1 Å². The Balaban J connectivity index is 1.95. The number of epoxide rings is 1. The van der Waals surface area contributed by atoms with Crippen LogP contribution in [0.25, 0.3) is 0 Å². The van der Waals surface area contributed by atoms with Crippen LogP contribution in [0.2, 0.25) is 0 Å². The molecule has 2 aliphatic rings. The highest BCUT2D eigenvalue weighted by Gasteiger charge is 2.46. The number of amides is 2. The highest BCUT2D eigenvalue weighted by Crippen LogP contribution is 2.31. The third-order valence-corrected chi connectivity index (χ3v) is 3.01. The summed E-state index contributed by atoms with van der Waals surface area (Å²) in [6.45, 7) is 2.86. The van der Waals surface area contributed by atoms with E-state index in [-0.39, 0.29) is 17.4 Å². The van der Waals surface area contributed by atoms with E-state index in [2.05, 4.69) is 0 Å². The van der Waals surface area contributed by atoms with E-state index in [0.717, 1.165) is 0 Å². The minimum Gasteiger partial charge on any atom is -0.368 e. The van der Waals surface area contributed by atoms with Crippen molar-refractivity contribution in [1.29, 1.82) is 0 Å². The molecule has 1 atom stereocenters. The van der Waals surface area contributed by atoms with E-state index < -0.39 is 0 Å². The summed E-state index contributed by atoms with van der Waals surface area (Å²) in [5, 5.41) is 0. The van der Waals surface area contributed by atoms with Gasteiger partial charge in [0.1, 0.15) is 5.60 Å². The molecule has 16 heavy (non-hydrogen) atoms. The highest BCUT2D eigenvalue weighted by atomic mass is 16.6. The molecule has 1 saturated heterocycles. The lowest BCUT2D eigenvalue weighted by Crippen LogP contribution is -2.37. The van der Waals surface area contributed by atoms with E-state index in [1.165, 1.54) is 4.90 Å². The molecule has 3 rings (SSSR count). The Kier molecular flexibility index (Phi) is 1.74. The Morgan fingerprint density at radius 3 is 2.19 bits per heavy atom. The standard InChI is InChI=1S/C12H11NO3/c1-12(7-16-12)6-13-10(14)8-4-2-3-5-9(8)11(13)15/h2-5H,6-7H2,1H3/t12-/m1/s1. The molecule has 1 aromatic carbocycles. The number of imide groups is 1. The lowest BCUT2D eigenvalue weighted by Gasteiger charge is -2.15. The molecule has 0 saturated carbocycles. The van der Waals surface area contributed by atoms with Crippen molar-refractivity contribution in [3.8, 4) is 0 Å². The third kappa shape index (κ3) is 1.27. The van der Waals surface area contributed by atoms with Crippen LogP contribution in [-0.2, 0) is 4.74 Å². The van der Waals surface area contributed by atoms with Crippen LogP contribution in [0.3, 0.4) is 0 Å². The molecule has 0 unspecified atom stereocenters. The largest absolute Gasteiger partial charge is 0.368 e. The first-order valence-electron chi connectivity index (χ1n) is 5.20. The average molecular weight is 217 g/mol. The molecular weight excluding hydrogens is 206 g/mol. The number of fused-ring (bicyclic) bond motifs is 1. The zero-order valence-electron chi connectivity index (χ0n) is 8.90. The fourth-order valence-corrected chi connectivity index (χ4v) is 1.93. The molecule has 1 aromatic rings. The summed E-state index contributed by atoms with van der Waals surface area (Å²) in [6, 6.07) is 6.91. The Morgan fingerprint density at radius 2 is 1.75 bits per heavy atom. The van der Waals surface area contributed by atoms with Crippen molar-refractivity contribution >= 4 is 11.8 Å². The quantitative estimate of drug-likeness (QED) is 0.550. The molecule has 0 aliphatic carbocycles. The molecule has 1 fully saturated rings. The zero-order valence-corrected chi connectivity index (χ0v) is 8.90. The first kappa shape index (κ1) is 9.54. The van der Waals surface area contributed by atoms with Crippen LogP contribution in [0.5, 0.6) is 0 Å². The van der Waals surface area contributed by atoms with Crippen molar-refractivity contribution < 1.29 is 14.3 Å². The van der Waals surface area contributed by atoms with Crippen molar-refractivity contribution in [2.75, 3.05) is 13.2 Å². The first-order valence-corrected chi connectivity index (χ1v) is 5.20. The molecule has 0 N–H and O–H groups in total. The fraction of sp³-hybridized carbons (Fsp3) is 0.333. The Labute approximate surface area is 92.8 Å². The maximum Gasteiger partial charge on any atom is 0.261 e. The summed E-state index contributed by atoms with van der Waals surface area (Å²) >= 11 is 0. The Bertz CT molecular complexity index is 456. The second-order valence-corrected chi connectivity index (χ2v) is 4.48. The topological polar surface area (TPSA) is 49.9 Å². The van der Waals surface area contributed by atoms with Crippen LogP contribution in [0.1, 0.15) is 27.6 Å². The van der Waals surface area contributed by atoms with E-state index in [9.17, 15) is 9.59 Å². The van der Waals surface area contributed by atoms with Crippen molar-refractivity contribution in [1.82, 2.24) is 4.90 Å². The molecule has 2 aliphatic heterocycles. The lowest BCUT2D eigenvalue weighted by atomic mass is 10.1. The number of hydrogen-bond donors (Lipinski definition) is 0. The summed E-state index contributed by atoms with van der Waals surface area (Å²) in [4.78, 5) is 25.2. The number of ether oxygens (including phenoxy) is 1. The van der Waals surface area contributed by atoms with Gasteiger partial charge in [-0.1, -0.05) is 12.1 Å². The van der Waals surface area contributed by atoms with Gasteiger partial charge in [-0.3, -0.25) is 14.5 Å². The molecule has 82 valence electrons. The smallest absolute Gasteiger partial charge is 0.261 e.